The van der Waals surface area contributed by atoms with E-state index in [0.29, 0.717) is 16.5 Å². The van der Waals surface area contributed by atoms with Gasteiger partial charge in [-0.25, -0.2) is 0 Å². The van der Waals surface area contributed by atoms with Gasteiger partial charge >= 0.3 is 0 Å². The predicted octanol–water partition coefficient (Wildman–Crippen LogP) is 4.30. The smallest absolute Gasteiger partial charge is 0.0453 e. The van der Waals surface area contributed by atoms with Crippen LogP contribution < -0.4 is 10.6 Å². The first-order chi connectivity index (χ1) is 9.49. The Morgan fingerprint density at radius 3 is 2.05 bits per heavy atom. The van der Waals surface area contributed by atoms with Crippen LogP contribution >= 0.6 is 23.2 Å². The Labute approximate surface area is 130 Å². The van der Waals surface area contributed by atoms with Crippen LogP contribution in [-0.2, 0) is 6.42 Å². The summed E-state index contributed by atoms with van der Waals surface area (Å²) < 4.78 is 0. The maximum atomic E-state index is 6.26. The third-order valence-corrected chi connectivity index (χ3v) is 4.03. The fourth-order valence-electron chi connectivity index (χ4n) is 2.08. The summed E-state index contributed by atoms with van der Waals surface area (Å²) in [5, 5.41) is 1.33. The van der Waals surface area contributed by atoms with E-state index in [1.54, 1.807) is 0 Å². The predicted molar refractivity (Wildman–Crippen MR) is 87.9 cm³/mol. The van der Waals surface area contributed by atoms with Crippen molar-refractivity contribution in [3.8, 4) is 0 Å². The third kappa shape index (κ3) is 3.45. The van der Waals surface area contributed by atoms with Crippen LogP contribution in [0.5, 0.6) is 0 Å². The van der Waals surface area contributed by atoms with Gasteiger partial charge in [-0.15, -0.1) is 0 Å². The zero-order chi connectivity index (χ0) is 14.7. The molecule has 0 saturated heterocycles. The van der Waals surface area contributed by atoms with E-state index in [1.165, 1.54) is 0 Å². The second-order valence-corrected chi connectivity index (χ2v) is 5.81. The summed E-state index contributed by atoms with van der Waals surface area (Å²) in [7, 11) is 4.02. The highest BCUT2D eigenvalue weighted by Crippen LogP contribution is 2.28. The first-order valence-corrected chi connectivity index (χ1v) is 7.20. The zero-order valence-electron chi connectivity index (χ0n) is 11.6. The Morgan fingerprint density at radius 1 is 1.00 bits per heavy atom. The summed E-state index contributed by atoms with van der Waals surface area (Å²) >= 11 is 12.4. The minimum atomic E-state index is -0.122. The van der Waals surface area contributed by atoms with E-state index in [0.717, 1.165) is 16.8 Å². The van der Waals surface area contributed by atoms with Crippen molar-refractivity contribution >= 4 is 28.9 Å². The Bertz CT molecular complexity index is 559. The molecule has 1 atom stereocenters. The summed E-state index contributed by atoms with van der Waals surface area (Å²) in [5.74, 6) is 0. The van der Waals surface area contributed by atoms with Gasteiger partial charge in [-0.1, -0.05) is 41.4 Å². The highest BCUT2D eigenvalue weighted by Gasteiger charge is 2.12. The first kappa shape index (κ1) is 15.2. The molecule has 106 valence electrons. The monoisotopic (exact) mass is 308 g/mol. The van der Waals surface area contributed by atoms with Crippen molar-refractivity contribution in [3.05, 3.63) is 63.6 Å². The largest absolute Gasteiger partial charge is 0.378 e. The lowest BCUT2D eigenvalue weighted by atomic mass is 9.99. The van der Waals surface area contributed by atoms with Gasteiger partial charge in [-0.2, -0.15) is 0 Å². The number of nitrogens with two attached hydrogens (primary N) is 1. The molecule has 0 saturated carbocycles. The molecule has 0 aliphatic heterocycles. The number of hydrogen-bond donors (Lipinski definition) is 1. The molecule has 0 radical (unpaired) electrons. The normalized spacial score (nSPS) is 12.2. The molecule has 20 heavy (non-hydrogen) atoms. The van der Waals surface area contributed by atoms with Crippen molar-refractivity contribution in [1.82, 2.24) is 0 Å². The van der Waals surface area contributed by atoms with Gasteiger partial charge in [0.1, 0.15) is 0 Å². The number of hydrogen-bond acceptors (Lipinski definition) is 2. The quantitative estimate of drug-likeness (QED) is 0.912. The number of rotatable bonds is 4. The van der Waals surface area contributed by atoms with Gasteiger partial charge in [0.2, 0.25) is 0 Å². The summed E-state index contributed by atoms with van der Waals surface area (Å²) in [6, 6.07) is 13.6. The Balaban J connectivity index is 2.17. The van der Waals surface area contributed by atoms with E-state index < -0.39 is 0 Å². The van der Waals surface area contributed by atoms with Gasteiger partial charge in [-0.3, -0.25) is 0 Å². The molecule has 4 heteroatoms. The molecule has 0 aromatic heterocycles. The van der Waals surface area contributed by atoms with Gasteiger partial charge in [0.15, 0.2) is 0 Å². The lowest BCUT2D eigenvalue weighted by molar-refractivity contribution is 0.722. The Hall–Kier alpha value is -1.22. The number of anilines is 1. The summed E-state index contributed by atoms with van der Waals surface area (Å²) in [5.41, 5.74) is 9.39. The van der Waals surface area contributed by atoms with E-state index >= 15 is 0 Å². The van der Waals surface area contributed by atoms with Crippen molar-refractivity contribution in [3.63, 3.8) is 0 Å². The van der Waals surface area contributed by atoms with E-state index in [-0.39, 0.29) is 6.04 Å². The molecule has 0 amide bonds. The molecular formula is C16H18Cl2N2. The van der Waals surface area contributed by atoms with Gasteiger partial charge in [0.25, 0.3) is 0 Å². The Morgan fingerprint density at radius 2 is 1.55 bits per heavy atom. The van der Waals surface area contributed by atoms with Crippen molar-refractivity contribution in [2.24, 2.45) is 5.73 Å². The summed E-state index contributed by atoms with van der Waals surface area (Å²) in [6.45, 7) is 0. The van der Waals surface area contributed by atoms with Gasteiger partial charge < -0.3 is 10.6 Å². The lowest BCUT2D eigenvalue weighted by Crippen LogP contribution is -2.14. The average Bonchev–Trinajstić information content (AvgIpc) is 2.43. The van der Waals surface area contributed by atoms with Crippen LogP contribution in [-0.4, -0.2) is 14.1 Å². The molecule has 2 aromatic rings. The molecule has 2 nitrogen and oxygen atoms in total. The molecule has 2 N–H and O–H groups in total. The first-order valence-electron chi connectivity index (χ1n) is 6.45. The molecule has 0 heterocycles. The lowest BCUT2D eigenvalue weighted by Gasteiger charge is -2.17. The van der Waals surface area contributed by atoms with Crippen LogP contribution in [0.25, 0.3) is 0 Å². The van der Waals surface area contributed by atoms with Crippen molar-refractivity contribution in [2.45, 2.75) is 12.5 Å². The van der Waals surface area contributed by atoms with Crippen LogP contribution in [0.4, 0.5) is 5.69 Å². The summed E-state index contributed by atoms with van der Waals surface area (Å²) in [4.78, 5) is 2.06. The number of nitrogens with zero attached hydrogens (tertiary/aromatic N) is 1. The maximum absolute atomic E-state index is 6.26. The SMILES string of the molecule is CN(C)c1ccc(C(N)Cc2c(Cl)cccc2Cl)cc1. The Kier molecular flexibility index (Phi) is 4.92. The van der Waals surface area contributed by atoms with E-state index in [2.05, 4.69) is 17.0 Å². The third-order valence-electron chi connectivity index (χ3n) is 3.32. The molecule has 0 fully saturated rings. The molecular weight excluding hydrogens is 291 g/mol. The minimum absolute atomic E-state index is 0.122. The van der Waals surface area contributed by atoms with Crippen molar-refractivity contribution in [2.75, 3.05) is 19.0 Å². The average molecular weight is 309 g/mol. The van der Waals surface area contributed by atoms with Crippen LogP contribution in [0.15, 0.2) is 42.5 Å². The van der Waals surface area contributed by atoms with E-state index in [9.17, 15) is 0 Å². The van der Waals surface area contributed by atoms with E-state index in [4.69, 9.17) is 28.9 Å². The molecule has 0 aliphatic rings. The number of halogens is 2. The zero-order valence-corrected chi connectivity index (χ0v) is 13.1. The van der Waals surface area contributed by atoms with Gasteiger partial charge in [0.05, 0.1) is 0 Å². The molecule has 1 unspecified atom stereocenters. The molecule has 0 bridgehead atoms. The van der Waals surface area contributed by atoms with Gasteiger partial charge in [0, 0.05) is 35.9 Å². The number of benzene rings is 2. The van der Waals surface area contributed by atoms with Gasteiger partial charge in [-0.05, 0) is 41.8 Å². The van der Waals surface area contributed by atoms with Crippen LogP contribution in [0.3, 0.4) is 0 Å². The fraction of sp³-hybridized carbons (Fsp3) is 0.250. The second-order valence-electron chi connectivity index (χ2n) is 5.00. The van der Waals surface area contributed by atoms with E-state index in [1.807, 2.05) is 44.4 Å². The molecule has 0 spiro atoms. The summed E-state index contributed by atoms with van der Waals surface area (Å²) in [6.07, 6.45) is 0.625. The fourth-order valence-corrected chi connectivity index (χ4v) is 2.64. The maximum Gasteiger partial charge on any atom is 0.0453 e. The van der Waals surface area contributed by atoms with Crippen LogP contribution in [0, 0.1) is 0 Å². The highest BCUT2D eigenvalue weighted by atomic mass is 35.5. The molecule has 0 aliphatic carbocycles. The van der Waals surface area contributed by atoms with Crippen molar-refractivity contribution in [1.29, 1.82) is 0 Å². The topological polar surface area (TPSA) is 29.3 Å². The highest BCUT2D eigenvalue weighted by molar-refractivity contribution is 6.36. The standard InChI is InChI=1S/C16H18Cl2N2/c1-20(2)12-8-6-11(7-9-12)16(19)10-13-14(17)4-3-5-15(13)18/h3-9,16H,10,19H2,1-2H3. The van der Waals surface area contributed by atoms with Crippen LogP contribution in [0.2, 0.25) is 10.0 Å². The van der Waals surface area contributed by atoms with Crippen LogP contribution in [0.1, 0.15) is 17.2 Å². The minimum Gasteiger partial charge on any atom is -0.378 e. The van der Waals surface area contributed by atoms with Crippen molar-refractivity contribution < 1.29 is 0 Å². The molecule has 2 rings (SSSR count). The second kappa shape index (κ2) is 6.49. The molecule has 2 aromatic carbocycles.